The Morgan fingerprint density at radius 3 is 0.957 bits per heavy atom. The first-order valence-corrected chi connectivity index (χ1v) is 16.3. The van der Waals surface area contributed by atoms with E-state index in [1.165, 1.54) is 0 Å². The van der Waals surface area contributed by atoms with Gasteiger partial charge in [0, 0.05) is 0 Å². The van der Waals surface area contributed by atoms with Gasteiger partial charge in [0.1, 0.15) is 0 Å². The molecule has 140 valence electrons. The van der Waals surface area contributed by atoms with Gasteiger partial charge in [0.05, 0.1) is 11.2 Å². The molecule has 1 rings (SSSR count). The molecule has 0 saturated carbocycles. The van der Waals surface area contributed by atoms with E-state index in [1.807, 2.05) is 0 Å². The summed E-state index contributed by atoms with van der Waals surface area (Å²) in [6.07, 6.45) is 0. The third-order valence-corrected chi connectivity index (χ3v) is 10.8. The zero-order chi connectivity index (χ0) is 18.0. The summed E-state index contributed by atoms with van der Waals surface area (Å²) in [6.45, 7) is 16.6. The Morgan fingerprint density at radius 2 is 0.783 bits per heavy atom. The fraction of sp³-hybridized carbons (Fsp3) is 1.00. The van der Waals surface area contributed by atoms with Crippen LogP contribution in [0, 0.1) is 0 Å². The van der Waals surface area contributed by atoms with Crippen molar-refractivity contribution in [2.75, 3.05) is 0 Å². The Morgan fingerprint density at radius 1 is 0.565 bits per heavy atom. The molecule has 0 aliphatic carbocycles. The van der Waals surface area contributed by atoms with Crippen LogP contribution in [0.2, 0.25) is 13.1 Å². The molecule has 1 saturated heterocycles. The average molecular weight is 435 g/mol. The molecule has 0 N–H and O–H groups in total. The average Bonchev–Trinajstić information content (AvgIpc) is 2.31. The van der Waals surface area contributed by atoms with E-state index in [4.69, 9.17) is 29.4 Å². The zero-order valence-corrected chi connectivity index (χ0v) is 24.0. The predicted molar refractivity (Wildman–Crippen MR) is 107 cm³/mol. The molecule has 1 fully saturated rings. The van der Waals surface area contributed by atoms with Crippen LogP contribution in [0.1, 0.15) is 41.5 Å². The second-order valence-corrected chi connectivity index (χ2v) is 20.0. The largest absolute Gasteiger partial charge is 0.425 e. The molecule has 0 atom stereocenters. The Bertz CT molecular complexity index is 256. The van der Waals surface area contributed by atoms with E-state index in [2.05, 4.69) is 54.6 Å². The van der Waals surface area contributed by atoms with Gasteiger partial charge in [-0.15, -0.1) is 0 Å². The highest BCUT2D eigenvalue weighted by molar-refractivity contribution is 6.64. The van der Waals surface area contributed by atoms with Crippen LogP contribution in [-0.4, -0.2) is 69.8 Å². The lowest BCUT2D eigenvalue weighted by Gasteiger charge is -2.36. The minimum absolute atomic E-state index is 0.110. The molecule has 0 aromatic rings. The summed E-state index contributed by atoms with van der Waals surface area (Å²) in [4.78, 5) is 0. The van der Waals surface area contributed by atoms with E-state index in [1.54, 1.807) is 0 Å². The van der Waals surface area contributed by atoms with Gasteiger partial charge in [-0.2, -0.15) is 0 Å². The van der Waals surface area contributed by atoms with Crippen LogP contribution < -0.4 is 0 Å². The highest BCUT2D eigenvalue weighted by Crippen LogP contribution is 2.22. The van der Waals surface area contributed by atoms with Crippen LogP contribution in [0.5, 0.6) is 0 Å². The second kappa shape index (κ2) is 11.6. The van der Waals surface area contributed by atoms with Gasteiger partial charge < -0.3 is 29.4 Å². The minimum Gasteiger partial charge on any atom is -0.425 e. The highest BCUT2D eigenvalue weighted by Gasteiger charge is 2.34. The molecular weight excluding hydrogens is 401 g/mol. The van der Waals surface area contributed by atoms with Crippen molar-refractivity contribution in [3.8, 4) is 0 Å². The molecule has 0 spiro atoms. The van der Waals surface area contributed by atoms with Crippen LogP contribution in [0.15, 0.2) is 0 Å². The fourth-order valence-electron chi connectivity index (χ4n) is 1.96. The highest BCUT2D eigenvalue weighted by atomic mass is 28.4. The molecule has 7 nitrogen and oxygen atoms in total. The van der Waals surface area contributed by atoms with Gasteiger partial charge in [-0.3, -0.25) is 0 Å². The van der Waals surface area contributed by atoms with Gasteiger partial charge >= 0.3 is 8.56 Å². The summed E-state index contributed by atoms with van der Waals surface area (Å²) in [6, 6.07) is 0. The molecule has 1 heterocycles. The van der Waals surface area contributed by atoms with Crippen molar-refractivity contribution in [2.45, 2.75) is 65.8 Å². The van der Waals surface area contributed by atoms with E-state index in [-0.39, 0.29) is 11.2 Å². The SMILES string of the molecule is CC(C)(C)O[Si](C)(C)OC(C)(C)C.O1[SiH2]O[SiH2]O[SiH2]O[SiH2]O[SiH2]1. The van der Waals surface area contributed by atoms with Gasteiger partial charge in [-0.1, -0.05) is 0 Å². The van der Waals surface area contributed by atoms with Crippen LogP contribution in [0.4, 0.5) is 0 Å². The first-order chi connectivity index (χ1) is 10.4. The van der Waals surface area contributed by atoms with Gasteiger partial charge in [-0.25, -0.2) is 0 Å². The normalized spacial score (nSPS) is 24.0. The van der Waals surface area contributed by atoms with Gasteiger partial charge in [0.2, 0.25) is 0 Å². The van der Waals surface area contributed by atoms with Crippen molar-refractivity contribution in [2.24, 2.45) is 0 Å². The van der Waals surface area contributed by atoms with Crippen molar-refractivity contribution >= 4 is 58.6 Å². The summed E-state index contributed by atoms with van der Waals surface area (Å²) in [5, 5.41) is 0. The maximum absolute atomic E-state index is 5.92. The Hall–Kier alpha value is 1.02. The Labute approximate surface area is 154 Å². The van der Waals surface area contributed by atoms with Crippen LogP contribution >= 0.6 is 0 Å². The van der Waals surface area contributed by atoms with Crippen molar-refractivity contribution in [3.05, 3.63) is 0 Å². The molecule has 1 aliphatic heterocycles. The smallest absolute Gasteiger partial charge is 0.332 e. The molecule has 0 bridgehead atoms. The third-order valence-electron chi connectivity index (χ3n) is 1.94. The van der Waals surface area contributed by atoms with Crippen LogP contribution in [0.25, 0.3) is 0 Å². The van der Waals surface area contributed by atoms with Crippen molar-refractivity contribution in [3.63, 3.8) is 0 Å². The lowest BCUT2D eigenvalue weighted by atomic mass is 10.2. The van der Waals surface area contributed by atoms with Crippen LogP contribution in [-0.2, 0) is 29.4 Å². The van der Waals surface area contributed by atoms with Crippen molar-refractivity contribution in [1.82, 2.24) is 0 Å². The molecule has 1 aliphatic rings. The topological polar surface area (TPSA) is 64.6 Å². The van der Waals surface area contributed by atoms with E-state index in [9.17, 15) is 0 Å². The quantitative estimate of drug-likeness (QED) is 0.485. The zero-order valence-electron chi connectivity index (χ0n) is 15.9. The molecule has 0 aromatic heterocycles. The third kappa shape index (κ3) is 19.2. The monoisotopic (exact) mass is 434 g/mol. The molecule has 0 unspecified atom stereocenters. The summed E-state index contributed by atoms with van der Waals surface area (Å²) < 4.78 is 37.7. The van der Waals surface area contributed by atoms with E-state index in [0.29, 0.717) is 0 Å². The first kappa shape index (κ1) is 24.0. The Balaban J connectivity index is 0.000000433. The molecular formula is C10H34O7Si6. The molecule has 13 heteroatoms. The molecule has 0 radical (unpaired) electrons. The van der Waals surface area contributed by atoms with Gasteiger partial charge in [0.25, 0.3) is 50.0 Å². The maximum atomic E-state index is 5.92. The fourth-order valence-corrected chi connectivity index (χ4v) is 14.0. The molecule has 23 heavy (non-hydrogen) atoms. The van der Waals surface area contributed by atoms with E-state index in [0.717, 1.165) is 0 Å². The lowest BCUT2D eigenvalue weighted by molar-refractivity contribution is 0.0213. The minimum atomic E-state index is -1.97. The van der Waals surface area contributed by atoms with E-state index < -0.39 is 58.6 Å². The second-order valence-electron chi connectivity index (χ2n) is 7.44. The lowest BCUT2D eigenvalue weighted by Crippen LogP contribution is -2.46. The number of hydrogen-bond donors (Lipinski definition) is 0. The molecule has 0 aromatic carbocycles. The van der Waals surface area contributed by atoms with Crippen molar-refractivity contribution in [1.29, 1.82) is 0 Å². The summed E-state index contributed by atoms with van der Waals surface area (Å²) in [5.74, 6) is 0. The molecule has 0 amide bonds. The van der Waals surface area contributed by atoms with E-state index >= 15 is 0 Å². The summed E-state index contributed by atoms with van der Waals surface area (Å²) in [7, 11) is -5.59. The van der Waals surface area contributed by atoms with Gasteiger partial charge in [-0.05, 0) is 54.6 Å². The summed E-state index contributed by atoms with van der Waals surface area (Å²) in [5.41, 5.74) is -0.220. The van der Waals surface area contributed by atoms with Gasteiger partial charge in [0.15, 0.2) is 0 Å². The maximum Gasteiger partial charge on any atom is 0.332 e. The predicted octanol–water partition coefficient (Wildman–Crippen LogP) is -1.60. The summed E-state index contributed by atoms with van der Waals surface area (Å²) >= 11 is 0. The van der Waals surface area contributed by atoms with Crippen molar-refractivity contribution < 1.29 is 29.4 Å². The Kier molecular flexibility index (Phi) is 12.1. The first-order valence-electron chi connectivity index (χ1n) is 7.70. The number of rotatable bonds is 2. The standard InChI is InChI=1S/C10H24O2Si.H10O5Si5/c1-9(2,3)11-13(7,8)12-10(4,5)6;1-6-2-8-4-10-5-9-3-7-1/h1-8H3;6-10H2. The number of hydrogen-bond acceptors (Lipinski definition) is 7. The van der Waals surface area contributed by atoms with Crippen LogP contribution in [0.3, 0.4) is 0 Å².